The van der Waals surface area contributed by atoms with Gasteiger partial charge in [0.05, 0.1) is 4.92 Å². The Morgan fingerprint density at radius 3 is 2.38 bits per heavy atom. The molecule has 0 unspecified atom stereocenters. The summed E-state index contributed by atoms with van der Waals surface area (Å²) in [6.45, 7) is 0.0178. The summed E-state index contributed by atoms with van der Waals surface area (Å²) in [5.74, 6) is 0. The molecule has 0 saturated heterocycles. The quantitative estimate of drug-likeness (QED) is 0.622. The first-order valence-electron chi connectivity index (χ1n) is 5.89. The highest BCUT2D eigenvalue weighted by molar-refractivity contribution is 7.94. The molecule has 2 aromatic rings. The molecular weight excluding hydrogens is 316 g/mol. The van der Waals surface area contributed by atoms with Crippen LogP contribution in [0, 0.1) is 10.1 Å². The molecule has 0 aliphatic carbocycles. The van der Waals surface area contributed by atoms with Crippen molar-refractivity contribution < 1.29 is 18.4 Å². The van der Waals surface area contributed by atoms with Gasteiger partial charge in [0.15, 0.2) is 0 Å². The second kappa shape index (κ2) is 6.20. The van der Waals surface area contributed by atoms with Crippen LogP contribution < -0.4 is 4.72 Å². The van der Waals surface area contributed by atoms with Crippen LogP contribution >= 0.6 is 11.3 Å². The molecule has 0 radical (unpaired) electrons. The Balaban J connectivity index is 2.18. The average Bonchev–Trinajstić information content (AvgIpc) is 2.92. The van der Waals surface area contributed by atoms with Gasteiger partial charge in [0.25, 0.3) is 10.0 Å². The van der Waals surface area contributed by atoms with E-state index in [0.717, 1.165) is 11.6 Å². The third-order valence-corrected chi connectivity index (χ3v) is 5.53. The van der Waals surface area contributed by atoms with Gasteiger partial charge in [-0.15, -0.1) is 0 Å². The van der Waals surface area contributed by atoms with Gasteiger partial charge >= 0.3 is 5.00 Å². The van der Waals surface area contributed by atoms with Crippen LogP contribution in [0.4, 0.5) is 10.7 Å². The largest absolute Gasteiger partial charge is 0.396 e. The van der Waals surface area contributed by atoms with Crippen LogP contribution in [0.15, 0.2) is 40.6 Å². The molecule has 2 rings (SSSR count). The fraction of sp³-hybridized carbons (Fsp3) is 0.167. The van der Waals surface area contributed by atoms with Crippen LogP contribution in [0.5, 0.6) is 0 Å². The van der Waals surface area contributed by atoms with E-state index in [9.17, 15) is 18.5 Å². The van der Waals surface area contributed by atoms with Gasteiger partial charge in [-0.1, -0.05) is 12.1 Å². The van der Waals surface area contributed by atoms with Crippen LogP contribution in [0.2, 0.25) is 0 Å². The van der Waals surface area contributed by atoms with Crippen molar-refractivity contribution in [1.82, 2.24) is 0 Å². The zero-order valence-electron chi connectivity index (χ0n) is 10.7. The number of anilines is 1. The van der Waals surface area contributed by atoms with Gasteiger partial charge in [-0.3, -0.25) is 14.8 Å². The molecule has 0 fully saturated rings. The number of benzene rings is 1. The van der Waals surface area contributed by atoms with Gasteiger partial charge in [0.2, 0.25) is 0 Å². The summed E-state index contributed by atoms with van der Waals surface area (Å²) >= 11 is 0.596. The standard InChI is InChI=1S/C12H12N2O5S2/c15-8-7-9-1-3-10(4-2-9)13-21(18,19)12-6-5-11(20-12)14(16)17/h1-6,13,15H,7-8H2. The highest BCUT2D eigenvalue weighted by atomic mass is 32.2. The van der Waals surface area contributed by atoms with Gasteiger partial charge < -0.3 is 5.11 Å². The van der Waals surface area contributed by atoms with Crippen LogP contribution in [-0.4, -0.2) is 25.1 Å². The Hall–Kier alpha value is -1.97. The number of thiophene rings is 1. The van der Waals surface area contributed by atoms with E-state index in [-0.39, 0.29) is 15.8 Å². The van der Waals surface area contributed by atoms with Crippen LogP contribution in [0.25, 0.3) is 0 Å². The maximum Gasteiger partial charge on any atom is 0.325 e. The molecule has 0 saturated carbocycles. The number of nitrogens with zero attached hydrogens (tertiary/aromatic N) is 1. The van der Waals surface area contributed by atoms with Crippen molar-refractivity contribution in [2.75, 3.05) is 11.3 Å². The lowest BCUT2D eigenvalue weighted by atomic mass is 10.1. The number of hydrogen-bond acceptors (Lipinski definition) is 6. The Kier molecular flexibility index (Phi) is 4.56. The van der Waals surface area contributed by atoms with Crippen molar-refractivity contribution in [1.29, 1.82) is 0 Å². The van der Waals surface area contributed by atoms with Crippen LogP contribution in [-0.2, 0) is 16.4 Å². The summed E-state index contributed by atoms with van der Waals surface area (Å²) < 4.78 is 26.4. The first-order valence-corrected chi connectivity index (χ1v) is 8.19. The predicted molar refractivity (Wildman–Crippen MR) is 79.0 cm³/mol. The summed E-state index contributed by atoms with van der Waals surface area (Å²) in [6.07, 6.45) is 0.490. The molecule has 1 aromatic carbocycles. The number of aliphatic hydroxyl groups is 1. The van der Waals surface area contributed by atoms with E-state index in [1.165, 1.54) is 6.07 Å². The van der Waals surface area contributed by atoms with E-state index in [4.69, 9.17) is 5.11 Å². The van der Waals surface area contributed by atoms with Gasteiger partial charge in [-0.05, 0) is 41.5 Å². The Morgan fingerprint density at radius 2 is 1.86 bits per heavy atom. The molecule has 0 bridgehead atoms. The second-order valence-corrected chi connectivity index (χ2v) is 7.10. The normalized spacial score (nSPS) is 11.3. The van der Waals surface area contributed by atoms with E-state index in [1.54, 1.807) is 24.3 Å². The van der Waals surface area contributed by atoms with Crippen LogP contribution in [0.3, 0.4) is 0 Å². The minimum absolute atomic E-state index is 0.0178. The minimum Gasteiger partial charge on any atom is -0.396 e. The van der Waals surface area contributed by atoms with Crippen LogP contribution in [0.1, 0.15) is 5.56 Å². The fourth-order valence-electron chi connectivity index (χ4n) is 1.63. The molecule has 7 nitrogen and oxygen atoms in total. The number of nitrogens with one attached hydrogen (secondary N) is 1. The zero-order valence-corrected chi connectivity index (χ0v) is 12.4. The number of hydrogen-bond donors (Lipinski definition) is 2. The van der Waals surface area contributed by atoms with E-state index >= 15 is 0 Å². The highest BCUT2D eigenvalue weighted by Gasteiger charge is 2.20. The highest BCUT2D eigenvalue weighted by Crippen LogP contribution is 2.29. The molecule has 0 atom stereocenters. The number of rotatable bonds is 6. The fourth-order valence-corrected chi connectivity index (χ4v) is 3.79. The molecule has 0 aliphatic rings. The van der Waals surface area contributed by atoms with E-state index in [0.29, 0.717) is 23.4 Å². The second-order valence-electron chi connectivity index (χ2n) is 4.13. The first kappa shape index (κ1) is 15.4. The summed E-state index contributed by atoms with van der Waals surface area (Å²) in [5.41, 5.74) is 1.24. The molecule has 1 aromatic heterocycles. The number of nitro groups is 1. The van der Waals surface area contributed by atoms with Gasteiger partial charge in [0, 0.05) is 18.4 Å². The number of aliphatic hydroxyl groups excluding tert-OH is 1. The zero-order chi connectivity index (χ0) is 15.5. The molecule has 2 N–H and O–H groups in total. The van der Waals surface area contributed by atoms with Gasteiger partial charge in [-0.25, -0.2) is 8.42 Å². The van der Waals surface area contributed by atoms with E-state index in [1.807, 2.05) is 0 Å². The maximum absolute atomic E-state index is 12.1. The molecule has 112 valence electrons. The number of sulfonamides is 1. The summed E-state index contributed by atoms with van der Waals surface area (Å²) in [5, 5.41) is 19.2. The molecule has 1 heterocycles. The lowest BCUT2D eigenvalue weighted by Gasteiger charge is -2.06. The molecule has 9 heteroatoms. The Morgan fingerprint density at radius 1 is 1.19 bits per heavy atom. The monoisotopic (exact) mass is 328 g/mol. The molecular formula is C12H12N2O5S2. The minimum atomic E-state index is -3.84. The lowest BCUT2D eigenvalue weighted by Crippen LogP contribution is -2.11. The SMILES string of the molecule is O=[N+]([O-])c1ccc(S(=O)(=O)Nc2ccc(CCO)cc2)s1. The summed E-state index contributed by atoms with van der Waals surface area (Å²) in [4.78, 5) is 9.95. The van der Waals surface area contributed by atoms with Gasteiger partial charge in [-0.2, -0.15) is 0 Å². The lowest BCUT2D eigenvalue weighted by molar-refractivity contribution is -0.380. The first-order chi connectivity index (χ1) is 9.92. The van der Waals surface area contributed by atoms with Crippen molar-refractivity contribution in [2.45, 2.75) is 10.6 Å². The van der Waals surface area contributed by atoms with Crippen molar-refractivity contribution in [3.63, 3.8) is 0 Å². The van der Waals surface area contributed by atoms with Gasteiger partial charge in [0.1, 0.15) is 4.21 Å². The predicted octanol–water partition coefficient (Wildman–Crippen LogP) is 1.99. The topological polar surface area (TPSA) is 110 Å². The Bertz CT molecular complexity index is 737. The third kappa shape index (κ3) is 3.78. The van der Waals surface area contributed by atoms with E-state index in [2.05, 4.69) is 4.72 Å². The average molecular weight is 328 g/mol. The third-order valence-electron chi connectivity index (χ3n) is 2.62. The van der Waals surface area contributed by atoms with Crippen molar-refractivity contribution in [2.24, 2.45) is 0 Å². The van der Waals surface area contributed by atoms with Crippen molar-refractivity contribution in [3.8, 4) is 0 Å². The molecule has 0 aliphatic heterocycles. The van der Waals surface area contributed by atoms with Crippen molar-refractivity contribution in [3.05, 3.63) is 52.1 Å². The summed E-state index contributed by atoms with van der Waals surface area (Å²) in [7, 11) is -3.84. The smallest absolute Gasteiger partial charge is 0.325 e. The maximum atomic E-state index is 12.1. The molecule has 0 spiro atoms. The summed E-state index contributed by atoms with van der Waals surface area (Å²) in [6, 6.07) is 8.90. The Labute approximate surface area is 125 Å². The van der Waals surface area contributed by atoms with E-state index < -0.39 is 14.9 Å². The van der Waals surface area contributed by atoms with Crippen molar-refractivity contribution >= 4 is 32.0 Å². The molecule has 21 heavy (non-hydrogen) atoms. The molecule has 0 amide bonds.